The molecule has 0 spiro atoms. The van der Waals surface area contributed by atoms with Crippen molar-refractivity contribution in [2.75, 3.05) is 21.1 Å². The van der Waals surface area contributed by atoms with Gasteiger partial charge < -0.3 is 0 Å². The van der Waals surface area contributed by atoms with Crippen LogP contribution < -0.4 is 0 Å². The molecule has 2 aliphatic carbocycles. The van der Waals surface area contributed by atoms with Crippen LogP contribution in [0.1, 0.15) is 41.5 Å². The van der Waals surface area contributed by atoms with Crippen molar-refractivity contribution in [1.29, 1.82) is 0 Å². The van der Waals surface area contributed by atoms with Gasteiger partial charge in [0, 0.05) is 14.1 Å². The summed E-state index contributed by atoms with van der Waals surface area (Å²) in [6.07, 6.45) is 17.4. The SMILES string of the molecule is CN1[C]N(C)N(C)[C]1.C[C]1[CH][CH][C](C(C)C)[CH][CH]1.C[C]1[CH][CH][C](C(C)C)[CH][CH]1.[Cl][Ru][Cl].[Cl][Ru][Cl]. The van der Waals surface area contributed by atoms with Gasteiger partial charge in [0.2, 0.25) is 0 Å². The fourth-order valence-electron chi connectivity index (χ4n) is 2.49. The zero-order valence-corrected chi connectivity index (χ0v) is 27.8. The van der Waals surface area contributed by atoms with E-state index in [9.17, 15) is 0 Å². The van der Waals surface area contributed by atoms with Crippen molar-refractivity contribution in [1.82, 2.24) is 14.9 Å². The van der Waals surface area contributed by atoms with E-state index >= 15 is 0 Å². The quantitative estimate of drug-likeness (QED) is 0.270. The van der Waals surface area contributed by atoms with Gasteiger partial charge >= 0.3 is 69.1 Å². The third-order valence-corrected chi connectivity index (χ3v) is 4.53. The van der Waals surface area contributed by atoms with E-state index in [1.807, 2.05) is 31.2 Å². The fourth-order valence-corrected chi connectivity index (χ4v) is 2.49. The summed E-state index contributed by atoms with van der Waals surface area (Å²) >= 11 is -0.691. The average Bonchev–Trinajstić information content (AvgIpc) is 3.05. The van der Waals surface area contributed by atoms with Gasteiger partial charge in [0.25, 0.3) is 0 Å². The summed E-state index contributed by atoms with van der Waals surface area (Å²) < 4.78 is 0. The molecule has 0 unspecified atom stereocenters. The Morgan fingerprint density at radius 3 is 0.971 bits per heavy atom. The number of halogens is 4. The van der Waals surface area contributed by atoms with Gasteiger partial charge in [-0.15, -0.1) is 0 Å². The number of hydrazine groups is 1. The van der Waals surface area contributed by atoms with E-state index in [-0.39, 0.29) is 30.3 Å². The molecule has 196 valence electrons. The van der Waals surface area contributed by atoms with Crippen LogP contribution in [0, 0.1) is 100 Å². The molecule has 3 rings (SSSR count). The van der Waals surface area contributed by atoms with Crippen molar-refractivity contribution < 1.29 is 30.3 Å². The first-order chi connectivity index (χ1) is 15.9. The zero-order valence-electron chi connectivity index (χ0n) is 21.3. The Balaban J connectivity index is 0. The van der Waals surface area contributed by atoms with Gasteiger partial charge in [-0.2, -0.15) is 0 Å². The van der Waals surface area contributed by atoms with Gasteiger partial charge in [-0.3, -0.25) is 4.90 Å². The third kappa shape index (κ3) is 21.2. The van der Waals surface area contributed by atoms with Gasteiger partial charge in [-0.25, -0.2) is 10.0 Å². The summed E-state index contributed by atoms with van der Waals surface area (Å²) in [5, 5.41) is 3.64. The van der Waals surface area contributed by atoms with Crippen LogP contribution in [0.4, 0.5) is 0 Å². The summed E-state index contributed by atoms with van der Waals surface area (Å²) in [7, 11) is 25.1. The monoisotopic (exact) mass is 723 g/mol. The fraction of sp³-hybridized carbons (Fsp3) is 0.440. The molecule has 9 heteroatoms. The molecular formula is C25H37Cl4N3Ru2. The Hall–Kier alpha value is 2.29. The Morgan fingerprint density at radius 1 is 0.588 bits per heavy atom. The van der Waals surface area contributed by atoms with Crippen LogP contribution >= 0.6 is 38.8 Å². The molecule has 0 N–H and O–H groups in total. The third-order valence-electron chi connectivity index (χ3n) is 4.53. The molecule has 1 heterocycles. The standard InChI is InChI=1S/2C10H14.C5H9N3.4ClH.2Ru/c2*1-8(2)10-6-4-9(3)5-7-10;1-6-4-7(2)8(3)5-6;;;;;;/h2*4-8H,1-3H3;1-3H3;4*1H;;/q;;;;;;;2*+2/p-4. The minimum atomic E-state index is -0.346. The first kappa shape index (κ1) is 38.4. The first-order valence-corrected chi connectivity index (χ1v) is 19.5. The van der Waals surface area contributed by atoms with Crippen LogP contribution in [-0.2, 0) is 30.3 Å². The first-order valence-electron chi connectivity index (χ1n) is 10.5. The number of hydrogen-bond donors (Lipinski definition) is 0. The van der Waals surface area contributed by atoms with Crippen molar-refractivity contribution in [2.24, 2.45) is 11.8 Å². The van der Waals surface area contributed by atoms with Crippen molar-refractivity contribution in [3.05, 3.63) is 88.4 Å². The van der Waals surface area contributed by atoms with E-state index in [1.165, 1.54) is 23.7 Å². The molecule has 3 aliphatic rings. The molecule has 2 saturated carbocycles. The Kier molecular flexibility index (Phi) is 27.5. The molecule has 1 saturated heterocycles. The molecule has 0 amide bonds. The van der Waals surface area contributed by atoms with Gasteiger partial charge in [0.1, 0.15) is 0 Å². The van der Waals surface area contributed by atoms with E-state index < -0.39 is 0 Å². The Labute approximate surface area is 245 Å². The van der Waals surface area contributed by atoms with E-state index in [1.54, 1.807) is 4.90 Å². The summed E-state index contributed by atoms with van der Waals surface area (Å²) in [5.74, 6) is 6.83. The average molecular weight is 724 g/mol. The van der Waals surface area contributed by atoms with Crippen LogP contribution in [0.3, 0.4) is 0 Å². The van der Waals surface area contributed by atoms with Crippen LogP contribution in [0.2, 0.25) is 0 Å². The van der Waals surface area contributed by atoms with Crippen LogP contribution in [0.15, 0.2) is 0 Å². The Morgan fingerprint density at radius 2 is 0.824 bits per heavy atom. The van der Waals surface area contributed by atoms with Crippen molar-refractivity contribution in [2.45, 2.75) is 41.5 Å². The summed E-state index contributed by atoms with van der Waals surface area (Å²) in [6, 6.07) is 0. The van der Waals surface area contributed by atoms with Crippen LogP contribution in [0.25, 0.3) is 0 Å². The zero-order chi connectivity index (χ0) is 26.7. The van der Waals surface area contributed by atoms with Gasteiger partial charge in [-0.05, 0) is 93.9 Å². The molecule has 3 fully saturated rings. The van der Waals surface area contributed by atoms with Crippen molar-refractivity contribution in [3.63, 3.8) is 0 Å². The van der Waals surface area contributed by atoms with Gasteiger partial charge in [0.05, 0.1) is 0 Å². The Bertz CT molecular complexity index is 396. The summed E-state index contributed by atoms with van der Waals surface area (Å²) in [5.41, 5.74) is 0. The minimum absolute atomic E-state index is 0.346. The van der Waals surface area contributed by atoms with E-state index in [2.05, 4.69) is 106 Å². The number of rotatable bonds is 2. The topological polar surface area (TPSA) is 9.72 Å². The maximum atomic E-state index is 4.85. The molecule has 3 nitrogen and oxygen atoms in total. The van der Waals surface area contributed by atoms with Crippen molar-refractivity contribution >= 4 is 38.8 Å². The number of hydrogen-bond acceptors (Lipinski definition) is 3. The number of nitrogens with zero attached hydrogens (tertiary/aromatic N) is 3. The predicted molar refractivity (Wildman–Crippen MR) is 142 cm³/mol. The summed E-state index contributed by atoms with van der Waals surface area (Å²) in [4.78, 5) is 1.75. The molecule has 0 atom stereocenters. The predicted octanol–water partition coefficient (Wildman–Crippen LogP) is 7.74. The molecule has 1 aliphatic heterocycles. The van der Waals surface area contributed by atoms with Gasteiger partial charge in [0.15, 0.2) is 13.3 Å². The second kappa shape index (κ2) is 24.3. The summed E-state index contributed by atoms with van der Waals surface area (Å²) in [6.45, 7) is 19.0. The molecule has 0 aromatic heterocycles. The molecule has 34 heavy (non-hydrogen) atoms. The molecular weight excluding hydrogens is 686 g/mol. The van der Waals surface area contributed by atoms with Crippen LogP contribution in [0.5, 0.6) is 0 Å². The second-order valence-corrected chi connectivity index (χ2v) is 13.3. The van der Waals surface area contributed by atoms with E-state index in [4.69, 9.17) is 38.8 Å². The second-order valence-electron chi connectivity index (χ2n) is 8.04. The molecule has 0 aromatic carbocycles. The van der Waals surface area contributed by atoms with Crippen molar-refractivity contribution in [3.8, 4) is 0 Å². The molecule has 16 radical (unpaired) electrons. The van der Waals surface area contributed by atoms with E-state index in [0.29, 0.717) is 11.8 Å². The van der Waals surface area contributed by atoms with Crippen LogP contribution in [-0.4, -0.2) is 36.1 Å². The normalized spacial score (nSPS) is 21.9. The molecule has 0 bridgehead atoms. The maximum absolute atomic E-state index is 4.85. The van der Waals surface area contributed by atoms with Gasteiger partial charge in [-0.1, -0.05) is 41.5 Å². The van der Waals surface area contributed by atoms with E-state index in [0.717, 1.165) is 0 Å². The molecule has 0 aromatic rings.